The maximum atomic E-state index is 11.3. The lowest BCUT2D eigenvalue weighted by molar-refractivity contribution is -0.153. The van der Waals surface area contributed by atoms with E-state index in [2.05, 4.69) is 12.8 Å². The second-order valence-electron chi connectivity index (χ2n) is 9.48. The predicted molar refractivity (Wildman–Crippen MR) is 96.4 cm³/mol. The maximum Gasteiger partial charge on any atom is 0.302 e. The third-order valence-corrected chi connectivity index (χ3v) is 8.63. The zero-order valence-electron chi connectivity index (χ0n) is 15.7. The minimum Gasteiger partial charge on any atom is -0.463 e. The molecule has 4 fully saturated rings. The average Bonchev–Trinajstić information content (AvgIpc) is 2.86. The number of aliphatic hydroxyl groups is 1. The molecule has 4 aliphatic rings. The van der Waals surface area contributed by atoms with Gasteiger partial charge in [-0.15, -0.1) is 6.42 Å². The Balaban J connectivity index is 1.50. The number of fused-ring (bicyclic) bond motifs is 5. The first-order valence-electron chi connectivity index (χ1n) is 10.3. The molecule has 0 aromatic rings. The zero-order chi connectivity index (χ0) is 17.8. The highest BCUT2D eigenvalue weighted by Crippen LogP contribution is 2.65. The lowest BCUT2D eigenvalue weighted by Gasteiger charge is -2.56. The monoisotopic (exact) mass is 344 g/mol. The van der Waals surface area contributed by atoms with E-state index in [1.54, 1.807) is 0 Å². The first kappa shape index (κ1) is 17.4. The van der Waals surface area contributed by atoms with E-state index in [1.807, 2.05) is 0 Å². The number of rotatable bonds is 1. The first-order chi connectivity index (χ1) is 11.9. The Morgan fingerprint density at radius 2 is 1.84 bits per heavy atom. The van der Waals surface area contributed by atoms with Gasteiger partial charge >= 0.3 is 5.97 Å². The van der Waals surface area contributed by atoms with Crippen LogP contribution in [0.3, 0.4) is 0 Å². The summed E-state index contributed by atoms with van der Waals surface area (Å²) in [5.41, 5.74) is -0.989. The van der Waals surface area contributed by atoms with E-state index in [4.69, 9.17) is 11.2 Å². The molecular weight excluding hydrogens is 312 g/mol. The molecule has 0 amide bonds. The van der Waals surface area contributed by atoms with Gasteiger partial charge in [0.1, 0.15) is 11.7 Å². The van der Waals surface area contributed by atoms with Gasteiger partial charge in [0.25, 0.3) is 0 Å². The fourth-order valence-electron chi connectivity index (χ4n) is 7.41. The van der Waals surface area contributed by atoms with Crippen LogP contribution in [0.15, 0.2) is 0 Å². The average molecular weight is 344 g/mol. The second-order valence-corrected chi connectivity index (χ2v) is 9.48. The summed E-state index contributed by atoms with van der Waals surface area (Å²) in [5, 5.41) is 11.0. The van der Waals surface area contributed by atoms with Gasteiger partial charge in [-0.3, -0.25) is 4.79 Å². The van der Waals surface area contributed by atoms with Gasteiger partial charge in [-0.2, -0.15) is 0 Å². The van der Waals surface area contributed by atoms with Crippen molar-refractivity contribution in [2.75, 3.05) is 0 Å². The van der Waals surface area contributed by atoms with Gasteiger partial charge in [0.05, 0.1) is 0 Å². The molecule has 138 valence electrons. The molecule has 0 aliphatic heterocycles. The van der Waals surface area contributed by atoms with Gasteiger partial charge in [0.15, 0.2) is 0 Å². The Morgan fingerprint density at radius 3 is 2.56 bits per heavy atom. The molecule has 0 bridgehead atoms. The summed E-state index contributed by atoms with van der Waals surface area (Å²) in [4.78, 5) is 11.3. The van der Waals surface area contributed by atoms with Crippen LogP contribution < -0.4 is 0 Å². The highest BCUT2D eigenvalue weighted by Gasteiger charge is 2.62. The largest absolute Gasteiger partial charge is 0.463 e. The van der Waals surface area contributed by atoms with Gasteiger partial charge in [0.2, 0.25) is 0 Å². The molecule has 3 heteroatoms. The second kappa shape index (κ2) is 6.02. The number of carbonyl (C=O) groups excluding carboxylic acids is 1. The van der Waals surface area contributed by atoms with Crippen LogP contribution >= 0.6 is 0 Å². The van der Waals surface area contributed by atoms with Crippen molar-refractivity contribution in [1.82, 2.24) is 0 Å². The predicted octanol–water partition coefficient (Wildman–Crippen LogP) is 3.94. The molecule has 4 saturated carbocycles. The minimum atomic E-state index is -0.896. The van der Waals surface area contributed by atoms with E-state index < -0.39 is 5.60 Å². The molecule has 1 N–H and O–H groups in total. The fourth-order valence-corrected chi connectivity index (χ4v) is 7.41. The van der Waals surface area contributed by atoms with Gasteiger partial charge in [-0.05, 0) is 87.4 Å². The smallest absolute Gasteiger partial charge is 0.302 e. The highest BCUT2D eigenvalue weighted by molar-refractivity contribution is 5.66. The summed E-state index contributed by atoms with van der Waals surface area (Å²) in [6.45, 7) is 3.78. The van der Waals surface area contributed by atoms with Crippen LogP contribution in [0.4, 0.5) is 0 Å². The Hall–Kier alpha value is -1.01. The lowest BCUT2D eigenvalue weighted by Crippen LogP contribution is -2.53. The molecule has 4 aliphatic carbocycles. The molecule has 0 spiro atoms. The van der Waals surface area contributed by atoms with Crippen molar-refractivity contribution in [2.45, 2.75) is 83.3 Å². The van der Waals surface area contributed by atoms with Gasteiger partial charge in [0, 0.05) is 12.3 Å². The standard InChI is InChI=1S/C22H32O3/c1-4-22(24)12-10-20-19-7-5-15-13-16(25-14(2)23)6-8-17(15)18(19)9-11-21(20,22)3/h1,15-20,24H,5-13H2,2-3H3/t15-,16-,17+,18-,19-,20+,21+,22+/m1/s1. The Kier molecular flexibility index (Phi) is 4.19. The molecule has 25 heavy (non-hydrogen) atoms. The molecule has 3 nitrogen and oxygen atoms in total. The van der Waals surface area contributed by atoms with E-state index in [-0.39, 0.29) is 17.5 Å². The SMILES string of the molecule is C#C[C@]1(O)CC[C@H]2[C@@H]3CC[C@@H]4C[C@H](OC(C)=O)CC[C@@H]4[C@H]3CC[C@@]21C. The third-order valence-electron chi connectivity index (χ3n) is 8.63. The summed E-state index contributed by atoms with van der Waals surface area (Å²) in [6, 6.07) is 0. The van der Waals surface area contributed by atoms with Crippen molar-refractivity contribution in [3.63, 3.8) is 0 Å². The maximum absolute atomic E-state index is 11.3. The zero-order valence-corrected chi connectivity index (χ0v) is 15.7. The summed E-state index contributed by atoms with van der Waals surface area (Å²) >= 11 is 0. The molecule has 0 heterocycles. The molecule has 4 rings (SSSR count). The first-order valence-corrected chi connectivity index (χ1v) is 10.3. The summed E-state index contributed by atoms with van der Waals surface area (Å²) < 4.78 is 5.51. The van der Waals surface area contributed by atoms with Gasteiger partial charge in [-0.25, -0.2) is 0 Å². The van der Waals surface area contributed by atoms with Crippen molar-refractivity contribution in [1.29, 1.82) is 0 Å². The molecule has 0 unspecified atom stereocenters. The third kappa shape index (κ3) is 2.55. The highest BCUT2D eigenvalue weighted by atomic mass is 16.5. The number of terminal acetylenes is 1. The fraction of sp³-hybridized carbons (Fsp3) is 0.864. The molecular formula is C22H32O3. The lowest BCUT2D eigenvalue weighted by atomic mass is 9.49. The van der Waals surface area contributed by atoms with Gasteiger partial charge < -0.3 is 9.84 Å². The Labute approximate surface area is 151 Å². The van der Waals surface area contributed by atoms with Crippen LogP contribution in [0.25, 0.3) is 0 Å². The van der Waals surface area contributed by atoms with E-state index in [9.17, 15) is 9.90 Å². The van der Waals surface area contributed by atoms with Crippen LogP contribution in [0.1, 0.15) is 71.6 Å². The van der Waals surface area contributed by atoms with E-state index in [0.717, 1.165) is 55.8 Å². The molecule has 0 saturated heterocycles. The summed E-state index contributed by atoms with van der Waals surface area (Å²) in [7, 11) is 0. The van der Waals surface area contributed by atoms with Crippen LogP contribution in [-0.2, 0) is 9.53 Å². The molecule has 0 aromatic heterocycles. The van der Waals surface area contributed by atoms with Crippen molar-refractivity contribution >= 4 is 5.97 Å². The molecule has 0 radical (unpaired) electrons. The van der Waals surface area contributed by atoms with Crippen LogP contribution in [0.5, 0.6) is 0 Å². The van der Waals surface area contributed by atoms with Crippen LogP contribution in [0, 0.1) is 47.3 Å². The molecule has 0 aromatic carbocycles. The Bertz CT molecular complexity index is 593. The van der Waals surface area contributed by atoms with E-state index >= 15 is 0 Å². The number of hydrogen-bond donors (Lipinski definition) is 1. The van der Waals surface area contributed by atoms with Crippen molar-refractivity contribution < 1.29 is 14.6 Å². The van der Waals surface area contributed by atoms with Crippen molar-refractivity contribution in [3.05, 3.63) is 0 Å². The normalized spacial score (nSPS) is 51.6. The Morgan fingerprint density at radius 1 is 1.08 bits per heavy atom. The van der Waals surface area contributed by atoms with Crippen molar-refractivity contribution in [3.8, 4) is 12.3 Å². The molecule has 8 atom stereocenters. The number of hydrogen-bond acceptors (Lipinski definition) is 3. The summed E-state index contributed by atoms with van der Waals surface area (Å²) in [6.07, 6.45) is 15.8. The van der Waals surface area contributed by atoms with Crippen LogP contribution in [0.2, 0.25) is 0 Å². The number of carbonyl (C=O) groups is 1. The summed E-state index contributed by atoms with van der Waals surface area (Å²) in [5.74, 6) is 6.23. The quantitative estimate of drug-likeness (QED) is 0.579. The van der Waals surface area contributed by atoms with E-state index in [0.29, 0.717) is 5.92 Å². The minimum absolute atomic E-state index is 0.0926. The number of esters is 1. The topological polar surface area (TPSA) is 46.5 Å². The van der Waals surface area contributed by atoms with Crippen LogP contribution in [-0.4, -0.2) is 22.8 Å². The number of ether oxygens (including phenoxy) is 1. The van der Waals surface area contributed by atoms with Gasteiger partial charge in [-0.1, -0.05) is 12.8 Å². The van der Waals surface area contributed by atoms with Crippen molar-refractivity contribution in [2.24, 2.45) is 35.0 Å². The van der Waals surface area contributed by atoms with E-state index in [1.165, 1.54) is 32.6 Å².